The highest BCUT2D eigenvalue weighted by atomic mass is 19.4. The van der Waals surface area contributed by atoms with E-state index in [1.807, 2.05) is 6.92 Å². The standard InChI is InChI=1S/C21H18F3NO5/c1-2-13-9-20(27)29-18-10-15(7-8-16(13)18)28-12-19(26)25-11-14-5-3-4-6-17(14)30-21(22,23)24/h3-10H,2,11-12H2,1H3,(H,25,26). The fraction of sp³-hybridized carbons (Fsp3) is 0.238. The molecule has 0 atom stereocenters. The van der Waals surface area contributed by atoms with Crippen molar-refractivity contribution in [2.24, 2.45) is 0 Å². The summed E-state index contributed by atoms with van der Waals surface area (Å²) in [5.74, 6) is -0.613. The summed E-state index contributed by atoms with van der Waals surface area (Å²) in [5, 5.41) is 3.25. The van der Waals surface area contributed by atoms with Gasteiger partial charge in [-0.25, -0.2) is 4.79 Å². The Bertz CT molecular complexity index is 1110. The maximum Gasteiger partial charge on any atom is 0.573 e. The third-order valence-electron chi connectivity index (χ3n) is 4.23. The molecule has 0 radical (unpaired) electrons. The van der Waals surface area contributed by atoms with Crippen LogP contribution in [0.5, 0.6) is 11.5 Å². The van der Waals surface area contributed by atoms with E-state index in [9.17, 15) is 22.8 Å². The number of ether oxygens (including phenoxy) is 2. The number of amides is 1. The first kappa shape index (κ1) is 21.2. The highest BCUT2D eigenvalue weighted by Crippen LogP contribution is 2.26. The lowest BCUT2D eigenvalue weighted by Crippen LogP contribution is -2.29. The van der Waals surface area contributed by atoms with Gasteiger partial charge in [0.2, 0.25) is 0 Å². The molecule has 0 spiro atoms. The topological polar surface area (TPSA) is 77.8 Å². The predicted molar refractivity (Wildman–Crippen MR) is 102 cm³/mol. The van der Waals surface area contributed by atoms with Gasteiger partial charge >= 0.3 is 12.0 Å². The van der Waals surface area contributed by atoms with Gasteiger partial charge in [0.15, 0.2) is 6.61 Å². The summed E-state index contributed by atoms with van der Waals surface area (Å²) in [7, 11) is 0. The fourth-order valence-corrected chi connectivity index (χ4v) is 2.86. The first-order chi connectivity index (χ1) is 14.2. The van der Waals surface area contributed by atoms with Gasteiger partial charge in [0.05, 0.1) is 0 Å². The Morgan fingerprint density at radius 3 is 2.60 bits per heavy atom. The largest absolute Gasteiger partial charge is 0.573 e. The average molecular weight is 421 g/mol. The van der Waals surface area contributed by atoms with Crippen LogP contribution in [-0.4, -0.2) is 18.9 Å². The van der Waals surface area contributed by atoms with E-state index in [-0.39, 0.29) is 24.5 Å². The highest BCUT2D eigenvalue weighted by Gasteiger charge is 2.31. The zero-order valence-electron chi connectivity index (χ0n) is 15.9. The van der Waals surface area contributed by atoms with E-state index in [0.29, 0.717) is 17.8 Å². The third kappa shape index (κ3) is 5.53. The molecule has 1 aromatic heterocycles. The number of hydrogen-bond donors (Lipinski definition) is 1. The first-order valence-electron chi connectivity index (χ1n) is 9.05. The summed E-state index contributed by atoms with van der Waals surface area (Å²) in [6.07, 6.45) is -4.17. The Balaban J connectivity index is 1.61. The molecular formula is C21H18F3NO5. The van der Waals surface area contributed by atoms with Crippen LogP contribution in [0.3, 0.4) is 0 Å². The van der Waals surface area contributed by atoms with E-state index in [0.717, 1.165) is 10.9 Å². The third-order valence-corrected chi connectivity index (χ3v) is 4.23. The number of alkyl halides is 3. The second kappa shape index (κ2) is 8.89. The highest BCUT2D eigenvalue weighted by molar-refractivity contribution is 5.82. The second-order valence-electron chi connectivity index (χ2n) is 6.32. The molecule has 3 rings (SSSR count). The van der Waals surface area contributed by atoms with Crippen LogP contribution in [0.25, 0.3) is 11.0 Å². The van der Waals surface area contributed by atoms with Gasteiger partial charge in [0, 0.05) is 29.6 Å². The molecule has 6 nitrogen and oxygen atoms in total. The van der Waals surface area contributed by atoms with Crippen molar-refractivity contribution in [1.82, 2.24) is 5.32 Å². The minimum Gasteiger partial charge on any atom is -0.484 e. The van der Waals surface area contributed by atoms with Crippen LogP contribution in [0.15, 0.2) is 57.7 Å². The predicted octanol–water partition coefficient (Wildman–Crippen LogP) is 3.95. The van der Waals surface area contributed by atoms with Crippen LogP contribution in [0, 0.1) is 0 Å². The number of halogens is 3. The maximum atomic E-state index is 12.5. The lowest BCUT2D eigenvalue weighted by Gasteiger charge is -2.14. The van der Waals surface area contributed by atoms with Gasteiger partial charge in [-0.05, 0) is 30.2 Å². The number of hydrogen-bond acceptors (Lipinski definition) is 5. The van der Waals surface area contributed by atoms with Gasteiger partial charge in [0.1, 0.15) is 17.1 Å². The minimum atomic E-state index is -4.83. The van der Waals surface area contributed by atoms with E-state index < -0.39 is 17.9 Å². The van der Waals surface area contributed by atoms with Crippen LogP contribution in [-0.2, 0) is 17.8 Å². The van der Waals surface area contributed by atoms with E-state index in [1.54, 1.807) is 12.1 Å². The Morgan fingerprint density at radius 2 is 1.87 bits per heavy atom. The molecule has 1 heterocycles. The molecule has 0 aliphatic rings. The molecular weight excluding hydrogens is 403 g/mol. The Morgan fingerprint density at radius 1 is 1.10 bits per heavy atom. The van der Waals surface area contributed by atoms with Gasteiger partial charge in [-0.15, -0.1) is 13.2 Å². The normalized spacial score (nSPS) is 11.3. The van der Waals surface area contributed by atoms with Crippen molar-refractivity contribution in [3.8, 4) is 11.5 Å². The summed E-state index contributed by atoms with van der Waals surface area (Å²) in [6.45, 7) is 1.38. The molecule has 1 N–H and O–H groups in total. The number of nitrogens with one attached hydrogen (secondary N) is 1. The fourth-order valence-electron chi connectivity index (χ4n) is 2.86. The van der Waals surface area contributed by atoms with Crippen LogP contribution in [0.2, 0.25) is 0 Å². The van der Waals surface area contributed by atoms with E-state index in [1.165, 1.54) is 36.4 Å². The molecule has 0 aliphatic heterocycles. The zero-order chi connectivity index (χ0) is 21.7. The number of benzene rings is 2. The minimum absolute atomic E-state index is 0.166. The molecule has 30 heavy (non-hydrogen) atoms. The van der Waals surface area contributed by atoms with Crippen LogP contribution in [0.1, 0.15) is 18.1 Å². The first-order valence-corrected chi connectivity index (χ1v) is 9.05. The van der Waals surface area contributed by atoms with Crippen molar-refractivity contribution < 1.29 is 31.9 Å². The number of rotatable bonds is 7. The Labute approximate surface area is 169 Å². The number of carbonyl (C=O) groups is 1. The average Bonchev–Trinajstić information content (AvgIpc) is 2.69. The summed E-state index contributed by atoms with van der Waals surface area (Å²) in [4.78, 5) is 23.7. The molecule has 0 bridgehead atoms. The van der Waals surface area contributed by atoms with E-state index in [2.05, 4.69) is 10.1 Å². The van der Waals surface area contributed by atoms with Gasteiger partial charge in [0.25, 0.3) is 5.91 Å². The van der Waals surface area contributed by atoms with Crippen molar-refractivity contribution in [2.45, 2.75) is 26.3 Å². The van der Waals surface area contributed by atoms with Gasteiger partial charge in [-0.1, -0.05) is 25.1 Å². The van der Waals surface area contributed by atoms with Crippen molar-refractivity contribution in [3.05, 3.63) is 70.1 Å². The van der Waals surface area contributed by atoms with Crippen LogP contribution in [0.4, 0.5) is 13.2 Å². The molecule has 9 heteroatoms. The molecule has 0 fully saturated rings. The second-order valence-corrected chi connectivity index (χ2v) is 6.32. The van der Waals surface area contributed by atoms with E-state index in [4.69, 9.17) is 9.15 Å². The number of para-hydroxylation sites is 1. The lowest BCUT2D eigenvalue weighted by atomic mass is 10.1. The Kier molecular flexibility index (Phi) is 6.29. The molecule has 3 aromatic rings. The molecule has 0 aliphatic carbocycles. The zero-order valence-corrected chi connectivity index (χ0v) is 15.9. The van der Waals surface area contributed by atoms with Gasteiger partial charge in [-0.3, -0.25) is 4.79 Å². The maximum absolute atomic E-state index is 12.5. The van der Waals surface area contributed by atoms with E-state index >= 15 is 0 Å². The van der Waals surface area contributed by atoms with Crippen LogP contribution >= 0.6 is 0 Å². The summed E-state index contributed by atoms with van der Waals surface area (Å²) in [6, 6.07) is 11.8. The number of carbonyl (C=O) groups excluding carboxylic acids is 1. The van der Waals surface area contributed by atoms with Crippen molar-refractivity contribution in [2.75, 3.05) is 6.61 Å². The molecule has 158 valence electrons. The Hall–Kier alpha value is -3.49. The van der Waals surface area contributed by atoms with Gasteiger partial charge in [-0.2, -0.15) is 0 Å². The monoisotopic (exact) mass is 421 g/mol. The summed E-state index contributed by atoms with van der Waals surface area (Å²) >= 11 is 0. The smallest absolute Gasteiger partial charge is 0.484 e. The summed E-state index contributed by atoms with van der Waals surface area (Å²) < 4.78 is 51.9. The SMILES string of the molecule is CCc1cc(=O)oc2cc(OCC(=O)NCc3ccccc3OC(F)(F)F)ccc12. The van der Waals surface area contributed by atoms with Crippen molar-refractivity contribution in [3.63, 3.8) is 0 Å². The quantitative estimate of drug-likeness (QED) is 0.585. The number of aryl methyl sites for hydroxylation is 1. The molecule has 0 saturated carbocycles. The summed E-state index contributed by atoms with van der Waals surface area (Å²) in [5.41, 5.74) is 0.873. The molecule has 1 amide bonds. The molecule has 0 unspecified atom stereocenters. The van der Waals surface area contributed by atoms with Crippen molar-refractivity contribution in [1.29, 1.82) is 0 Å². The lowest BCUT2D eigenvalue weighted by molar-refractivity contribution is -0.274. The number of fused-ring (bicyclic) bond motifs is 1. The molecule has 0 saturated heterocycles. The van der Waals surface area contributed by atoms with Crippen molar-refractivity contribution >= 4 is 16.9 Å². The molecule has 2 aromatic carbocycles. The van der Waals surface area contributed by atoms with Gasteiger partial charge < -0.3 is 19.2 Å². The van der Waals surface area contributed by atoms with Crippen LogP contribution < -0.4 is 20.4 Å².